The summed E-state index contributed by atoms with van der Waals surface area (Å²) >= 11 is 5.76. The molecule has 0 fully saturated rings. The van der Waals surface area contributed by atoms with Crippen LogP contribution in [-0.4, -0.2) is 40.5 Å². The van der Waals surface area contributed by atoms with Crippen LogP contribution in [-0.2, 0) is 9.53 Å². The molecule has 0 aliphatic heterocycles. The summed E-state index contributed by atoms with van der Waals surface area (Å²) in [6, 6.07) is 3.79. The molecule has 1 rings (SSSR count). The van der Waals surface area contributed by atoms with Crippen molar-refractivity contribution < 1.29 is 29.6 Å². The first-order valence-electron chi connectivity index (χ1n) is 4.85. The van der Waals surface area contributed by atoms with Gasteiger partial charge in [-0.2, -0.15) is 0 Å². The maximum absolute atomic E-state index is 11.3. The number of benzene rings is 1. The fourth-order valence-electron chi connectivity index (χ4n) is 1.31. The maximum atomic E-state index is 11.3. The van der Waals surface area contributed by atoms with Gasteiger partial charge in [-0.05, 0) is 17.7 Å². The molecule has 0 radical (unpaired) electrons. The Morgan fingerprint density at radius 2 is 1.94 bits per heavy atom. The van der Waals surface area contributed by atoms with Crippen molar-refractivity contribution >= 4 is 23.5 Å². The van der Waals surface area contributed by atoms with Gasteiger partial charge in [0.1, 0.15) is 6.10 Å². The number of aliphatic hydroxyl groups excluding tert-OH is 2. The van der Waals surface area contributed by atoms with E-state index in [1.54, 1.807) is 0 Å². The Morgan fingerprint density at radius 3 is 2.44 bits per heavy atom. The van der Waals surface area contributed by atoms with Crippen molar-refractivity contribution in [1.82, 2.24) is 0 Å². The van der Waals surface area contributed by atoms with E-state index in [2.05, 4.69) is 4.74 Å². The number of aliphatic hydroxyl groups is 2. The van der Waals surface area contributed by atoms with Crippen molar-refractivity contribution in [3.63, 3.8) is 0 Å². The average Bonchev–Trinajstić information content (AvgIpc) is 2.36. The van der Waals surface area contributed by atoms with E-state index in [4.69, 9.17) is 16.7 Å². The third kappa shape index (κ3) is 2.98. The molecule has 18 heavy (non-hydrogen) atoms. The van der Waals surface area contributed by atoms with E-state index in [0.29, 0.717) is 0 Å². The second-order valence-corrected chi connectivity index (χ2v) is 3.87. The van der Waals surface area contributed by atoms with E-state index in [9.17, 15) is 19.8 Å². The molecular formula is C11H11ClO6. The molecule has 0 aliphatic rings. The predicted octanol–water partition coefficient (Wildman–Crippen LogP) is 0.605. The summed E-state index contributed by atoms with van der Waals surface area (Å²) < 4.78 is 4.48. The van der Waals surface area contributed by atoms with Gasteiger partial charge in [0, 0.05) is 0 Å². The second kappa shape index (κ2) is 5.81. The molecule has 0 amide bonds. The molecule has 6 nitrogen and oxygen atoms in total. The van der Waals surface area contributed by atoms with Crippen LogP contribution >= 0.6 is 11.6 Å². The number of hydrogen-bond donors (Lipinski definition) is 3. The predicted molar refractivity (Wildman–Crippen MR) is 61.4 cm³/mol. The van der Waals surface area contributed by atoms with Gasteiger partial charge in [-0.1, -0.05) is 17.7 Å². The van der Waals surface area contributed by atoms with Gasteiger partial charge in [-0.15, -0.1) is 0 Å². The SMILES string of the molecule is COC(=O)c1cc(C(O)C(O)C(=O)O)ccc1Cl. The van der Waals surface area contributed by atoms with Crippen LogP contribution in [0, 0.1) is 0 Å². The molecular weight excluding hydrogens is 264 g/mol. The lowest BCUT2D eigenvalue weighted by atomic mass is 10.0. The highest BCUT2D eigenvalue weighted by Gasteiger charge is 2.26. The van der Waals surface area contributed by atoms with Gasteiger partial charge in [0.25, 0.3) is 0 Å². The Labute approximate surface area is 107 Å². The quantitative estimate of drug-likeness (QED) is 0.695. The first kappa shape index (κ1) is 14.4. The Balaban J connectivity index is 3.12. The van der Waals surface area contributed by atoms with Crippen molar-refractivity contribution in [1.29, 1.82) is 0 Å². The first-order chi connectivity index (χ1) is 8.38. The minimum Gasteiger partial charge on any atom is -0.479 e. The van der Waals surface area contributed by atoms with Gasteiger partial charge in [-0.3, -0.25) is 0 Å². The zero-order valence-electron chi connectivity index (χ0n) is 9.33. The Hall–Kier alpha value is -1.63. The highest BCUT2D eigenvalue weighted by atomic mass is 35.5. The van der Waals surface area contributed by atoms with Crippen molar-refractivity contribution in [3.8, 4) is 0 Å². The molecule has 0 spiro atoms. The van der Waals surface area contributed by atoms with Crippen LogP contribution < -0.4 is 0 Å². The lowest BCUT2D eigenvalue weighted by Gasteiger charge is -2.15. The molecule has 2 unspecified atom stereocenters. The Morgan fingerprint density at radius 1 is 1.33 bits per heavy atom. The monoisotopic (exact) mass is 274 g/mol. The summed E-state index contributed by atoms with van der Waals surface area (Å²) in [7, 11) is 1.16. The summed E-state index contributed by atoms with van der Waals surface area (Å²) in [5.41, 5.74) is 0.0306. The summed E-state index contributed by atoms with van der Waals surface area (Å²) in [6.07, 6.45) is -3.65. The Kier molecular flexibility index (Phi) is 4.66. The average molecular weight is 275 g/mol. The number of halogens is 1. The summed E-state index contributed by atoms with van der Waals surface area (Å²) in [4.78, 5) is 21.9. The van der Waals surface area contributed by atoms with E-state index >= 15 is 0 Å². The Bertz CT molecular complexity index is 473. The summed E-state index contributed by atoms with van der Waals surface area (Å²) in [5, 5.41) is 27.5. The fourth-order valence-corrected chi connectivity index (χ4v) is 1.51. The normalized spacial score (nSPS) is 13.8. The van der Waals surface area contributed by atoms with Crippen LogP contribution in [0.25, 0.3) is 0 Å². The van der Waals surface area contributed by atoms with Gasteiger partial charge in [0.2, 0.25) is 0 Å². The van der Waals surface area contributed by atoms with E-state index < -0.39 is 24.1 Å². The molecule has 1 aromatic carbocycles. The molecule has 0 saturated heterocycles. The number of ether oxygens (including phenoxy) is 1. The summed E-state index contributed by atoms with van der Waals surface area (Å²) in [5.74, 6) is -2.30. The number of carboxylic acids is 1. The highest BCUT2D eigenvalue weighted by molar-refractivity contribution is 6.33. The highest BCUT2D eigenvalue weighted by Crippen LogP contribution is 2.24. The van der Waals surface area contributed by atoms with E-state index in [-0.39, 0.29) is 16.1 Å². The van der Waals surface area contributed by atoms with Crippen LogP contribution in [0.2, 0.25) is 5.02 Å². The molecule has 0 saturated carbocycles. The molecule has 2 atom stereocenters. The third-order valence-corrected chi connectivity index (χ3v) is 2.62. The van der Waals surface area contributed by atoms with Gasteiger partial charge in [0.05, 0.1) is 17.7 Å². The zero-order chi connectivity index (χ0) is 13.9. The minimum absolute atomic E-state index is 0.0201. The summed E-state index contributed by atoms with van der Waals surface area (Å²) in [6.45, 7) is 0. The lowest BCUT2D eigenvalue weighted by molar-refractivity contribution is -0.153. The van der Waals surface area contributed by atoms with E-state index in [1.165, 1.54) is 18.2 Å². The number of carboxylic acid groups (broad SMARTS) is 1. The van der Waals surface area contributed by atoms with Crippen LogP contribution in [0.5, 0.6) is 0 Å². The van der Waals surface area contributed by atoms with Gasteiger partial charge in [0.15, 0.2) is 6.10 Å². The number of carbonyl (C=O) groups excluding carboxylic acids is 1. The van der Waals surface area contributed by atoms with E-state index in [1.807, 2.05) is 0 Å². The van der Waals surface area contributed by atoms with Crippen LogP contribution in [0.4, 0.5) is 0 Å². The smallest absolute Gasteiger partial charge is 0.339 e. The molecule has 0 aromatic heterocycles. The van der Waals surface area contributed by atoms with Crippen molar-refractivity contribution in [3.05, 3.63) is 34.3 Å². The first-order valence-corrected chi connectivity index (χ1v) is 5.23. The number of aliphatic carboxylic acids is 1. The van der Waals surface area contributed by atoms with E-state index in [0.717, 1.165) is 7.11 Å². The molecule has 98 valence electrons. The third-order valence-electron chi connectivity index (χ3n) is 2.29. The second-order valence-electron chi connectivity index (χ2n) is 3.46. The number of rotatable bonds is 4. The van der Waals surface area contributed by atoms with Gasteiger partial charge in [-0.25, -0.2) is 9.59 Å². The largest absolute Gasteiger partial charge is 0.479 e. The van der Waals surface area contributed by atoms with Gasteiger partial charge >= 0.3 is 11.9 Å². The number of carbonyl (C=O) groups is 2. The molecule has 1 aromatic rings. The van der Waals surface area contributed by atoms with Crippen LogP contribution in [0.15, 0.2) is 18.2 Å². The molecule has 0 bridgehead atoms. The number of methoxy groups -OCH3 is 1. The molecule has 0 aliphatic carbocycles. The van der Waals surface area contributed by atoms with Crippen molar-refractivity contribution in [2.24, 2.45) is 0 Å². The van der Waals surface area contributed by atoms with Crippen molar-refractivity contribution in [2.45, 2.75) is 12.2 Å². The van der Waals surface area contributed by atoms with Crippen molar-refractivity contribution in [2.75, 3.05) is 7.11 Å². The molecule has 7 heteroatoms. The maximum Gasteiger partial charge on any atom is 0.339 e. The standard InChI is InChI=1S/C11H11ClO6/c1-18-11(17)6-4-5(2-3-7(6)12)8(13)9(14)10(15)16/h2-4,8-9,13-14H,1H3,(H,15,16). The minimum atomic E-state index is -1.99. The van der Waals surface area contributed by atoms with Gasteiger partial charge < -0.3 is 20.1 Å². The zero-order valence-corrected chi connectivity index (χ0v) is 10.1. The topological polar surface area (TPSA) is 104 Å². The fraction of sp³-hybridized carbons (Fsp3) is 0.273. The molecule has 3 N–H and O–H groups in total. The lowest BCUT2D eigenvalue weighted by Crippen LogP contribution is -2.27. The van der Waals surface area contributed by atoms with Crippen LogP contribution in [0.1, 0.15) is 22.0 Å². The van der Waals surface area contributed by atoms with Crippen LogP contribution in [0.3, 0.4) is 0 Å². The molecule has 0 heterocycles. The number of esters is 1. The number of hydrogen-bond acceptors (Lipinski definition) is 5.